The third kappa shape index (κ3) is 4.37. The summed E-state index contributed by atoms with van der Waals surface area (Å²) in [6, 6.07) is 6.09. The van der Waals surface area contributed by atoms with E-state index < -0.39 is 5.91 Å². The third-order valence-electron chi connectivity index (χ3n) is 2.99. The van der Waals surface area contributed by atoms with Crippen molar-refractivity contribution in [3.05, 3.63) is 35.4 Å². The molecule has 5 heteroatoms. The quantitative estimate of drug-likeness (QED) is 0.713. The fraction of sp³-hybridized carbons (Fsp3) is 0.429. The zero-order valence-electron chi connectivity index (χ0n) is 11.2. The molecule has 0 saturated heterocycles. The monoisotopic (exact) mass is 264 g/mol. The number of nitrogens with one attached hydrogen (secondary N) is 1. The maximum absolute atomic E-state index is 12.0. The zero-order chi connectivity index (χ0) is 14.4. The Labute approximate surface area is 112 Å². The van der Waals surface area contributed by atoms with E-state index in [1.165, 1.54) is 12.1 Å². The molecule has 0 aliphatic carbocycles. The van der Waals surface area contributed by atoms with Crippen LogP contribution in [0.3, 0.4) is 0 Å². The van der Waals surface area contributed by atoms with Gasteiger partial charge in [-0.3, -0.25) is 9.59 Å². The molecule has 19 heavy (non-hydrogen) atoms. The molecule has 0 fully saturated rings. The summed E-state index contributed by atoms with van der Waals surface area (Å²) in [6.07, 6.45) is 0.517. The first-order chi connectivity index (χ1) is 8.95. The highest BCUT2D eigenvalue weighted by molar-refractivity contribution is 5.97. The summed E-state index contributed by atoms with van der Waals surface area (Å²) in [5.41, 5.74) is 5.97. The predicted molar refractivity (Wildman–Crippen MR) is 72.8 cm³/mol. The van der Waals surface area contributed by atoms with Crippen LogP contribution in [0.1, 0.15) is 41.0 Å². The Morgan fingerprint density at radius 2 is 1.74 bits per heavy atom. The van der Waals surface area contributed by atoms with Crippen molar-refractivity contribution in [2.24, 2.45) is 11.7 Å². The molecule has 1 unspecified atom stereocenters. The number of carbonyl (C=O) groups excluding carboxylic acids is 2. The molecular weight excluding hydrogens is 244 g/mol. The number of rotatable bonds is 6. The lowest BCUT2D eigenvalue weighted by atomic mass is 10.0. The second kappa shape index (κ2) is 6.89. The van der Waals surface area contributed by atoms with Crippen molar-refractivity contribution in [2.75, 3.05) is 6.61 Å². The van der Waals surface area contributed by atoms with Gasteiger partial charge in [0.05, 0.1) is 0 Å². The molecule has 5 nitrogen and oxygen atoms in total. The molecule has 0 aliphatic heterocycles. The van der Waals surface area contributed by atoms with Crippen LogP contribution in [0.25, 0.3) is 0 Å². The van der Waals surface area contributed by atoms with Crippen LogP contribution < -0.4 is 11.1 Å². The fourth-order valence-electron chi connectivity index (χ4n) is 1.75. The largest absolute Gasteiger partial charge is 0.396 e. The number of hydrogen-bond acceptors (Lipinski definition) is 3. The second-order valence-electron chi connectivity index (χ2n) is 4.78. The van der Waals surface area contributed by atoms with Crippen molar-refractivity contribution in [3.63, 3.8) is 0 Å². The molecule has 1 aromatic carbocycles. The maximum atomic E-state index is 12.0. The van der Waals surface area contributed by atoms with Gasteiger partial charge in [-0.05, 0) is 36.6 Å². The van der Waals surface area contributed by atoms with Crippen LogP contribution in [0.15, 0.2) is 24.3 Å². The van der Waals surface area contributed by atoms with Crippen LogP contribution in [0.4, 0.5) is 0 Å². The smallest absolute Gasteiger partial charge is 0.251 e. The van der Waals surface area contributed by atoms with Crippen molar-refractivity contribution >= 4 is 11.8 Å². The molecule has 0 aliphatic rings. The van der Waals surface area contributed by atoms with Crippen molar-refractivity contribution in [2.45, 2.75) is 26.3 Å². The van der Waals surface area contributed by atoms with Gasteiger partial charge in [0.25, 0.3) is 5.91 Å². The molecule has 1 rings (SSSR count). The van der Waals surface area contributed by atoms with E-state index in [2.05, 4.69) is 5.32 Å². The van der Waals surface area contributed by atoms with E-state index in [9.17, 15) is 9.59 Å². The Hall–Kier alpha value is -1.88. The molecule has 0 aromatic heterocycles. The number of carbonyl (C=O) groups is 2. The normalized spacial score (nSPS) is 12.2. The lowest BCUT2D eigenvalue weighted by Gasteiger charge is -2.21. The number of aliphatic hydroxyl groups is 1. The molecule has 0 saturated carbocycles. The summed E-state index contributed by atoms with van der Waals surface area (Å²) in [4.78, 5) is 22.9. The maximum Gasteiger partial charge on any atom is 0.251 e. The van der Waals surface area contributed by atoms with Crippen LogP contribution in [0.2, 0.25) is 0 Å². The van der Waals surface area contributed by atoms with Crippen LogP contribution in [-0.2, 0) is 0 Å². The van der Waals surface area contributed by atoms with E-state index >= 15 is 0 Å². The molecule has 2 amide bonds. The van der Waals surface area contributed by atoms with Gasteiger partial charge in [0.2, 0.25) is 5.91 Å². The standard InChI is InChI=1S/C14H20N2O3/c1-9(2)12(7-8-17)16-14(19)11-5-3-10(4-6-11)13(15)18/h3-6,9,12,17H,7-8H2,1-2H3,(H2,15,18)(H,16,19). The summed E-state index contributed by atoms with van der Waals surface area (Å²) in [5.74, 6) is -0.503. The predicted octanol–water partition coefficient (Wildman–Crippen LogP) is 0.922. The zero-order valence-corrected chi connectivity index (χ0v) is 11.2. The van der Waals surface area contributed by atoms with Crippen LogP contribution in [-0.4, -0.2) is 29.6 Å². The van der Waals surface area contributed by atoms with E-state index in [4.69, 9.17) is 10.8 Å². The fourth-order valence-corrected chi connectivity index (χ4v) is 1.75. The lowest BCUT2D eigenvalue weighted by molar-refractivity contribution is 0.0915. The average Bonchev–Trinajstić information content (AvgIpc) is 2.38. The minimum Gasteiger partial charge on any atom is -0.396 e. The highest BCUT2D eigenvalue weighted by Crippen LogP contribution is 2.09. The molecular formula is C14H20N2O3. The summed E-state index contributed by atoms with van der Waals surface area (Å²) >= 11 is 0. The molecule has 0 heterocycles. The highest BCUT2D eigenvalue weighted by Gasteiger charge is 2.16. The molecule has 4 N–H and O–H groups in total. The Bertz CT molecular complexity index is 441. The van der Waals surface area contributed by atoms with Gasteiger partial charge >= 0.3 is 0 Å². The van der Waals surface area contributed by atoms with Gasteiger partial charge < -0.3 is 16.2 Å². The van der Waals surface area contributed by atoms with Gasteiger partial charge in [-0.2, -0.15) is 0 Å². The van der Waals surface area contributed by atoms with Gasteiger partial charge in [0.15, 0.2) is 0 Å². The number of nitrogens with two attached hydrogens (primary N) is 1. The van der Waals surface area contributed by atoms with E-state index in [1.807, 2.05) is 13.8 Å². The minimum absolute atomic E-state index is 0.0315. The number of amides is 2. The highest BCUT2D eigenvalue weighted by atomic mass is 16.3. The molecule has 104 valence electrons. The molecule has 0 radical (unpaired) electrons. The van der Waals surface area contributed by atoms with Crippen molar-refractivity contribution in [1.82, 2.24) is 5.32 Å². The Morgan fingerprint density at radius 1 is 1.21 bits per heavy atom. The van der Waals surface area contributed by atoms with E-state index in [0.29, 0.717) is 17.5 Å². The Kier molecular flexibility index (Phi) is 5.51. The van der Waals surface area contributed by atoms with Gasteiger partial charge in [-0.1, -0.05) is 13.8 Å². The van der Waals surface area contributed by atoms with Crippen molar-refractivity contribution < 1.29 is 14.7 Å². The Morgan fingerprint density at radius 3 is 2.16 bits per heavy atom. The van der Waals surface area contributed by atoms with Crippen molar-refractivity contribution in [1.29, 1.82) is 0 Å². The molecule has 0 bridgehead atoms. The van der Waals surface area contributed by atoms with Gasteiger partial charge in [-0.25, -0.2) is 0 Å². The van der Waals surface area contributed by atoms with E-state index in [-0.39, 0.29) is 24.5 Å². The van der Waals surface area contributed by atoms with Gasteiger partial charge in [-0.15, -0.1) is 0 Å². The first-order valence-corrected chi connectivity index (χ1v) is 6.27. The Balaban J connectivity index is 2.74. The van der Waals surface area contributed by atoms with Crippen molar-refractivity contribution in [3.8, 4) is 0 Å². The first kappa shape index (κ1) is 15.2. The number of aliphatic hydroxyl groups excluding tert-OH is 1. The van der Waals surface area contributed by atoms with Crippen LogP contribution in [0.5, 0.6) is 0 Å². The second-order valence-corrected chi connectivity index (χ2v) is 4.78. The van der Waals surface area contributed by atoms with Gasteiger partial charge in [0.1, 0.15) is 0 Å². The summed E-state index contributed by atoms with van der Waals surface area (Å²) in [6.45, 7) is 4.00. The molecule has 1 atom stereocenters. The summed E-state index contributed by atoms with van der Waals surface area (Å²) in [7, 11) is 0. The lowest BCUT2D eigenvalue weighted by Crippen LogP contribution is -2.39. The van der Waals surface area contributed by atoms with Crippen LogP contribution in [0, 0.1) is 5.92 Å². The summed E-state index contributed by atoms with van der Waals surface area (Å²) in [5, 5.41) is 11.8. The first-order valence-electron chi connectivity index (χ1n) is 6.27. The van der Waals surface area contributed by atoms with Crippen LogP contribution >= 0.6 is 0 Å². The topological polar surface area (TPSA) is 92.4 Å². The third-order valence-corrected chi connectivity index (χ3v) is 2.99. The minimum atomic E-state index is -0.521. The summed E-state index contributed by atoms with van der Waals surface area (Å²) < 4.78 is 0. The number of primary amides is 1. The number of benzene rings is 1. The van der Waals surface area contributed by atoms with E-state index in [1.54, 1.807) is 12.1 Å². The van der Waals surface area contributed by atoms with Gasteiger partial charge in [0, 0.05) is 23.8 Å². The molecule has 1 aromatic rings. The SMILES string of the molecule is CC(C)C(CCO)NC(=O)c1ccc(C(N)=O)cc1. The number of hydrogen-bond donors (Lipinski definition) is 3. The molecule has 0 spiro atoms. The van der Waals surface area contributed by atoms with E-state index in [0.717, 1.165) is 0 Å². The average molecular weight is 264 g/mol.